The molecule has 0 saturated heterocycles. The lowest BCUT2D eigenvalue weighted by Gasteiger charge is -2.08. The van der Waals surface area contributed by atoms with Gasteiger partial charge < -0.3 is 9.47 Å². The number of carbonyl (C=O) groups excluding carboxylic acids is 1. The molecule has 0 aliphatic heterocycles. The minimum absolute atomic E-state index is 0.150. The summed E-state index contributed by atoms with van der Waals surface area (Å²) in [5.74, 6) is 0.617. The van der Waals surface area contributed by atoms with Crippen molar-refractivity contribution in [2.45, 2.75) is 20.3 Å². The summed E-state index contributed by atoms with van der Waals surface area (Å²) in [7, 11) is 0. The highest BCUT2D eigenvalue weighted by Gasteiger charge is 2.07. The predicted octanol–water partition coefficient (Wildman–Crippen LogP) is 3.35. The molecular weight excluding hydrogens is 278 g/mol. The largest absolute Gasteiger partial charge is 0.482 e. The Morgan fingerprint density at radius 1 is 1.05 bits per heavy atom. The number of benzene rings is 2. The zero-order valence-electron chi connectivity index (χ0n) is 12.6. The number of esters is 1. The van der Waals surface area contributed by atoms with Crippen LogP contribution in [0.5, 0.6) is 11.5 Å². The van der Waals surface area contributed by atoms with Gasteiger partial charge in [-0.1, -0.05) is 18.2 Å². The maximum atomic E-state index is 11.7. The Morgan fingerprint density at radius 2 is 1.73 bits per heavy atom. The Hall–Kier alpha value is -2.80. The molecule has 22 heavy (non-hydrogen) atoms. The zero-order chi connectivity index (χ0) is 15.9. The van der Waals surface area contributed by atoms with E-state index in [2.05, 4.69) is 6.07 Å². The van der Waals surface area contributed by atoms with E-state index in [0.29, 0.717) is 17.9 Å². The van der Waals surface area contributed by atoms with Crippen LogP contribution in [0.1, 0.15) is 16.7 Å². The molecule has 0 heterocycles. The molecule has 2 aromatic rings. The van der Waals surface area contributed by atoms with E-state index in [1.165, 1.54) is 5.56 Å². The van der Waals surface area contributed by atoms with Crippen LogP contribution in [0.15, 0.2) is 42.5 Å². The van der Waals surface area contributed by atoms with Crippen LogP contribution >= 0.6 is 0 Å². The highest BCUT2D eigenvalue weighted by molar-refractivity contribution is 5.74. The minimum atomic E-state index is -0.466. The van der Waals surface area contributed by atoms with Gasteiger partial charge in [0.1, 0.15) is 11.5 Å². The molecule has 4 nitrogen and oxygen atoms in total. The molecule has 0 aromatic heterocycles. The fourth-order valence-corrected chi connectivity index (χ4v) is 1.87. The van der Waals surface area contributed by atoms with Gasteiger partial charge >= 0.3 is 5.97 Å². The molecule has 2 rings (SSSR count). The third kappa shape index (κ3) is 4.35. The topological polar surface area (TPSA) is 59.3 Å². The van der Waals surface area contributed by atoms with E-state index in [1.807, 2.05) is 32.0 Å². The van der Waals surface area contributed by atoms with Crippen LogP contribution in [-0.2, 0) is 11.2 Å². The monoisotopic (exact) mass is 295 g/mol. The van der Waals surface area contributed by atoms with Crippen LogP contribution in [0.2, 0.25) is 0 Å². The van der Waals surface area contributed by atoms with Crippen LogP contribution in [-0.4, -0.2) is 12.6 Å². The summed E-state index contributed by atoms with van der Waals surface area (Å²) in [4.78, 5) is 11.7. The molecule has 0 unspecified atom stereocenters. The Kier molecular flexibility index (Phi) is 5.16. The van der Waals surface area contributed by atoms with Gasteiger partial charge in [-0.3, -0.25) is 0 Å². The van der Waals surface area contributed by atoms with Crippen LogP contribution in [0.4, 0.5) is 0 Å². The fraction of sp³-hybridized carbons (Fsp3) is 0.222. The molecule has 0 aliphatic carbocycles. The van der Waals surface area contributed by atoms with Gasteiger partial charge in [-0.15, -0.1) is 0 Å². The Bertz CT molecular complexity index is 699. The SMILES string of the molecule is Cc1ccc(OCC(=O)Oc2ccc(CC#N)cc2)cc1C. The number of nitriles is 1. The smallest absolute Gasteiger partial charge is 0.349 e. The van der Waals surface area contributed by atoms with Crippen molar-refractivity contribution in [3.8, 4) is 17.6 Å². The maximum absolute atomic E-state index is 11.7. The van der Waals surface area contributed by atoms with Gasteiger partial charge in [0.2, 0.25) is 0 Å². The molecule has 0 radical (unpaired) electrons. The van der Waals surface area contributed by atoms with Crippen molar-refractivity contribution in [3.05, 3.63) is 59.2 Å². The summed E-state index contributed by atoms with van der Waals surface area (Å²) in [6.45, 7) is 3.86. The first-order valence-electron chi connectivity index (χ1n) is 6.95. The normalized spacial score (nSPS) is 9.86. The number of ether oxygens (including phenoxy) is 2. The van der Waals surface area contributed by atoms with Gasteiger partial charge in [0.25, 0.3) is 0 Å². The lowest BCUT2D eigenvalue weighted by atomic mass is 10.1. The number of rotatable bonds is 5. The second kappa shape index (κ2) is 7.28. The van der Waals surface area contributed by atoms with Crippen LogP contribution in [0.3, 0.4) is 0 Å². The van der Waals surface area contributed by atoms with Gasteiger partial charge in [-0.05, 0) is 54.8 Å². The van der Waals surface area contributed by atoms with Gasteiger partial charge in [0.05, 0.1) is 12.5 Å². The van der Waals surface area contributed by atoms with Crippen LogP contribution in [0.25, 0.3) is 0 Å². The van der Waals surface area contributed by atoms with E-state index >= 15 is 0 Å². The highest BCUT2D eigenvalue weighted by Crippen LogP contribution is 2.17. The minimum Gasteiger partial charge on any atom is -0.482 e. The summed E-state index contributed by atoms with van der Waals surface area (Å²) in [6, 6.07) is 14.6. The van der Waals surface area contributed by atoms with E-state index in [9.17, 15) is 4.79 Å². The molecule has 0 aliphatic rings. The second-order valence-electron chi connectivity index (χ2n) is 4.99. The average molecular weight is 295 g/mol. The van der Waals surface area contributed by atoms with E-state index in [0.717, 1.165) is 11.1 Å². The molecule has 4 heteroatoms. The van der Waals surface area contributed by atoms with Crippen LogP contribution < -0.4 is 9.47 Å². The van der Waals surface area contributed by atoms with Crippen molar-refractivity contribution in [1.29, 1.82) is 5.26 Å². The highest BCUT2D eigenvalue weighted by atomic mass is 16.6. The number of hydrogen-bond donors (Lipinski definition) is 0. The summed E-state index contributed by atoms with van der Waals surface area (Å²) in [5.41, 5.74) is 3.17. The molecule has 112 valence electrons. The summed E-state index contributed by atoms with van der Waals surface area (Å²) < 4.78 is 10.6. The van der Waals surface area contributed by atoms with Crippen molar-refractivity contribution in [3.63, 3.8) is 0 Å². The third-order valence-corrected chi connectivity index (χ3v) is 3.27. The zero-order valence-corrected chi connectivity index (χ0v) is 12.6. The standard InChI is InChI=1S/C18H17NO3/c1-13-3-6-17(11-14(13)2)21-12-18(20)22-16-7-4-15(5-8-16)9-10-19/h3-8,11H,9,12H2,1-2H3. The van der Waals surface area contributed by atoms with Crippen molar-refractivity contribution >= 4 is 5.97 Å². The predicted molar refractivity (Wildman–Crippen MR) is 82.8 cm³/mol. The van der Waals surface area contributed by atoms with Gasteiger partial charge in [-0.2, -0.15) is 5.26 Å². The molecule has 0 bridgehead atoms. The molecule has 0 atom stereocenters. The second-order valence-corrected chi connectivity index (χ2v) is 4.99. The van der Waals surface area contributed by atoms with Crippen LogP contribution in [0, 0.1) is 25.2 Å². The molecule has 0 fully saturated rings. The first kappa shape index (κ1) is 15.6. The Morgan fingerprint density at radius 3 is 2.36 bits per heavy atom. The number of hydrogen-bond acceptors (Lipinski definition) is 4. The molecule has 2 aromatic carbocycles. The first-order chi connectivity index (χ1) is 10.6. The Labute approximate surface area is 129 Å². The number of aryl methyl sites for hydroxylation is 2. The molecule has 0 spiro atoms. The van der Waals surface area contributed by atoms with Crippen molar-refractivity contribution < 1.29 is 14.3 Å². The molecule has 0 amide bonds. The third-order valence-electron chi connectivity index (χ3n) is 3.27. The lowest BCUT2D eigenvalue weighted by molar-refractivity contribution is -0.136. The summed E-state index contributed by atoms with van der Waals surface area (Å²) in [6.07, 6.45) is 0.337. The quantitative estimate of drug-likeness (QED) is 0.627. The average Bonchev–Trinajstić information content (AvgIpc) is 2.51. The van der Waals surface area contributed by atoms with Gasteiger partial charge in [-0.25, -0.2) is 4.79 Å². The number of carbonyl (C=O) groups is 1. The Balaban J connectivity index is 1.87. The first-order valence-corrected chi connectivity index (χ1v) is 6.95. The van der Waals surface area contributed by atoms with Gasteiger partial charge in [0.15, 0.2) is 6.61 Å². The molecular formula is C18H17NO3. The van der Waals surface area contributed by atoms with Gasteiger partial charge in [0, 0.05) is 0 Å². The summed E-state index contributed by atoms with van der Waals surface area (Å²) >= 11 is 0. The van der Waals surface area contributed by atoms with E-state index < -0.39 is 5.97 Å². The van der Waals surface area contributed by atoms with Crippen molar-refractivity contribution in [2.24, 2.45) is 0 Å². The molecule has 0 saturated carbocycles. The van der Waals surface area contributed by atoms with Crippen molar-refractivity contribution in [1.82, 2.24) is 0 Å². The van der Waals surface area contributed by atoms with E-state index in [1.54, 1.807) is 24.3 Å². The lowest BCUT2D eigenvalue weighted by Crippen LogP contribution is -2.17. The fourth-order valence-electron chi connectivity index (χ4n) is 1.87. The van der Waals surface area contributed by atoms with Crippen molar-refractivity contribution in [2.75, 3.05) is 6.61 Å². The molecule has 0 N–H and O–H groups in total. The summed E-state index contributed by atoms with van der Waals surface area (Å²) in [5, 5.41) is 8.60. The van der Waals surface area contributed by atoms with E-state index in [4.69, 9.17) is 14.7 Å². The maximum Gasteiger partial charge on any atom is 0.349 e. The number of nitrogens with zero attached hydrogens (tertiary/aromatic N) is 1. The van der Waals surface area contributed by atoms with E-state index in [-0.39, 0.29) is 6.61 Å².